The largest absolute Gasteiger partial charge is 0.497 e. The van der Waals surface area contributed by atoms with Crippen LogP contribution in [-0.2, 0) is 0 Å². The summed E-state index contributed by atoms with van der Waals surface area (Å²) in [6.45, 7) is 0. The predicted octanol–water partition coefficient (Wildman–Crippen LogP) is 5.50. The molecule has 29 heavy (non-hydrogen) atoms. The van der Waals surface area contributed by atoms with Crippen LogP contribution in [0.2, 0.25) is 0 Å². The molecule has 0 bridgehead atoms. The number of methoxy groups -OCH3 is 1. The molecule has 0 amide bonds. The van der Waals surface area contributed by atoms with Crippen LogP contribution in [0.25, 0.3) is 33.5 Å². The van der Waals surface area contributed by atoms with Gasteiger partial charge in [-0.15, -0.1) is 0 Å². The van der Waals surface area contributed by atoms with E-state index in [1.165, 1.54) is 12.1 Å². The highest BCUT2D eigenvalue weighted by molar-refractivity contribution is 5.77. The quantitative estimate of drug-likeness (QED) is 0.468. The first kappa shape index (κ1) is 18.3. The van der Waals surface area contributed by atoms with Gasteiger partial charge in [-0.25, -0.2) is 4.39 Å². The summed E-state index contributed by atoms with van der Waals surface area (Å²) in [5.74, 6) is 0.349. The van der Waals surface area contributed by atoms with Crippen molar-refractivity contribution in [1.82, 2.24) is 10.2 Å². The third-order valence-electron chi connectivity index (χ3n) is 4.65. The van der Waals surface area contributed by atoms with Crippen molar-refractivity contribution in [3.8, 4) is 45.3 Å². The molecule has 4 aromatic rings. The van der Waals surface area contributed by atoms with Crippen LogP contribution in [-0.4, -0.2) is 17.3 Å². The molecule has 0 spiro atoms. The van der Waals surface area contributed by atoms with E-state index in [0.717, 1.165) is 33.7 Å². The number of ether oxygens (including phenoxy) is 1. The van der Waals surface area contributed by atoms with Gasteiger partial charge in [-0.1, -0.05) is 24.3 Å². The molecule has 0 fully saturated rings. The second-order valence-corrected chi connectivity index (χ2v) is 6.44. The Kier molecular flexibility index (Phi) is 5.00. The second kappa shape index (κ2) is 7.91. The first-order valence-corrected chi connectivity index (χ1v) is 8.95. The number of hydrogen-bond donors (Lipinski definition) is 0. The molecule has 1 heterocycles. The van der Waals surface area contributed by atoms with Crippen molar-refractivity contribution in [3.63, 3.8) is 0 Å². The number of nitrogens with zero attached hydrogens (tertiary/aromatic N) is 3. The normalized spacial score (nSPS) is 10.4. The first-order valence-electron chi connectivity index (χ1n) is 8.95. The molecule has 0 N–H and O–H groups in total. The predicted molar refractivity (Wildman–Crippen MR) is 110 cm³/mol. The van der Waals surface area contributed by atoms with E-state index < -0.39 is 5.82 Å². The lowest BCUT2D eigenvalue weighted by Crippen LogP contribution is -1.91. The van der Waals surface area contributed by atoms with E-state index in [1.54, 1.807) is 19.4 Å². The van der Waals surface area contributed by atoms with Crippen LogP contribution >= 0.6 is 0 Å². The van der Waals surface area contributed by atoms with E-state index in [2.05, 4.69) is 16.3 Å². The summed E-state index contributed by atoms with van der Waals surface area (Å²) in [6.07, 6.45) is 1.70. The Morgan fingerprint density at radius 1 is 0.862 bits per heavy atom. The average molecular weight is 381 g/mol. The molecule has 0 saturated carbocycles. The fraction of sp³-hybridized carbons (Fsp3) is 0.0417. The van der Waals surface area contributed by atoms with Crippen LogP contribution in [0.1, 0.15) is 5.56 Å². The molecule has 0 saturated heterocycles. The van der Waals surface area contributed by atoms with Crippen LogP contribution in [0.15, 0.2) is 79.0 Å². The van der Waals surface area contributed by atoms with Gasteiger partial charge in [0.15, 0.2) is 0 Å². The van der Waals surface area contributed by atoms with Gasteiger partial charge in [-0.05, 0) is 65.2 Å². The maximum atomic E-state index is 13.5. The number of hydrogen-bond acceptors (Lipinski definition) is 4. The number of aromatic nitrogens is 2. The number of nitriles is 1. The van der Waals surface area contributed by atoms with Crippen LogP contribution in [0, 0.1) is 17.1 Å². The Labute approximate surface area is 167 Å². The molecule has 0 aliphatic heterocycles. The highest BCUT2D eigenvalue weighted by atomic mass is 19.1. The smallest absolute Gasteiger partial charge is 0.124 e. The first-order chi connectivity index (χ1) is 14.2. The maximum absolute atomic E-state index is 13.5. The summed E-state index contributed by atoms with van der Waals surface area (Å²) in [5.41, 5.74) is 5.33. The molecule has 4 nitrogen and oxygen atoms in total. The Morgan fingerprint density at radius 3 is 2.41 bits per heavy atom. The van der Waals surface area contributed by atoms with Crippen molar-refractivity contribution in [2.45, 2.75) is 0 Å². The third kappa shape index (κ3) is 3.83. The lowest BCUT2D eigenvalue weighted by atomic mass is 9.96. The lowest BCUT2D eigenvalue weighted by Gasteiger charge is -2.09. The van der Waals surface area contributed by atoms with Gasteiger partial charge in [0.25, 0.3) is 0 Å². The number of rotatable bonds is 4. The number of benzene rings is 3. The van der Waals surface area contributed by atoms with Gasteiger partial charge < -0.3 is 4.74 Å². The molecule has 0 radical (unpaired) electrons. The summed E-state index contributed by atoms with van der Waals surface area (Å²) >= 11 is 0. The molecular formula is C24H16FN3O. The second-order valence-electron chi connectivity index (χ2n) is 6.44. The van der Waals surface area contributed by atoms with Gasteiger partial charge in [-0.2, -0.15) is 15.5 Å². The fourth-order valence-electron chi connectivity index (χ4n) is 3.15. The fourth-order valence-corrected chi connectivity index (χ4v) is 3.15. The van der Waals surface area contributed by atoms with Crippen molar-refractivity contribution in [2.75, 3.05) is 7.11 Å². The molecule has 0 aliphatic rings. The zero-order chi connectivity index (χ0) is 20.2. The van der Waals surface area contributed by atoms with E-state index in [-0.39, 0.29) is 0 Å². The van der Waals surface area contributed by atoms with Crippen molar-refractivity contribution in [1.29, 1.82) is 5.26 Å². The highest BCUT2D eigenvalue weighted by Gasteiger charge is 2.09. The Morgan fingerprint density at radius 2 is 1.66 bits per heavy atom. The number of halogens is 1. The topological polar surface area (TPSA) is 58.8 Å². The summed E-state index contributed by atoms with van der Waals surface area (Å²) < 4.78 is 18.7. The van der Waals surface area contributed by atoms with Gasteiger partial charge >= 0.3 is 0 Å². The van der Waals surface area contributed by atoms with E-state index in [0.29, 0.717) is 11.1 Å². The van der Waals surface area contributed by atoms with Gasteiger partial charge in [0, 0.05) is 11.1 Å². The van der Waals surface area contributed by atoms with Crippen LogP contribution < -0.4 is 4.74 Å². The Bertz CT molecular complexity index is 1210. The van der Waals surface area contributed by atoms with E-state index in [9.17, 15) is 9.65 Å². The van der Waals surface area contributed by atoms with Gasteiger partial charge in [0.2, 0.25) is 0 Å². The van der Waals surface area contributed by atoms with Gasteiger partial charge in [0.05, 0.1) is 30.6 Å². The minimum absolute atomic E-state index is 0.300. The molecule has 140 valence electrons. The van der Waals surface area contributed by atoms with E-state index in [4.69, 9.17) is 4.74 Å². The monoisotopic (exact) mass is 381 g/mol. The minimum atomic E-state index is -0.427. The summed E-state index contributed by atoms with van der Waals surface area (Å²) in [5, 5.41) is 17.7. The molecule has 3 aromatic carbocycles. The lowest BCUT2D eigenvalue weighted by molar-refractivity contribution is 0.415. The minimum Gasteiger partial charge on any atom is -0.497 e. The highest BCUT2D eigenvalue weighted by Crippen LogP contribution is 2.30. The van der Waals surface area contributed by atoms with Crippen LogP contribution in [0.3, 0.4) is 0 Å². The van der Waals surface area contributed by atoms with Gasteiger partial charge in [-0.3, -0.25) is 0 Å². The van der Waals surface area contributed by atoms with E-state index in [1.807, 2.05) is 54.6 Å². The van der Waals surface area contributed by atoms with Crippen LogP contribution in [0.5, 0.6) is 5.75 Å². The zero-order valence-corrected chi connectivity index (χ0v) is 15.6. The molecule has 0 aliphatic carbocycles. The molecule has 4 rings (SSSR count). The van der Waals surface area contributed by atoms with Crippen LogP contribution in [0.4, 0.5) is 4.39 Å². The van der Waals surface area contributed by atoms with Crippen molar-refractivity contribution >= 4 is 0 Å². The summed E-state index contributed by atoms with van der Waals surface area (Å²) in [4.78, 5) is 0. The van der Waals surface area contributed by atoms with Gasteiger partial charge in [0.1, 0.15) is 11.6 Å². The molecular weight excluding hydrogens is 365 g/mol. The maximum Gasteiger partial charge on any atom is 0.124 e. The van der Waals surface area contributed by atoms with Crippen molar-refractivity contribution < 1.29 is 9.13 Å². The molecule has 5 heteroatoms. The Hall–Kier alpha value is -4.04. The summed E-state index contributed by atoms with van der Waals surface area (Å²) in [6, 6.07) is 23.6. The molecule has 0 atom stereocenters. The van der Waals surface area contributed by atoms with E-state index >= 15 is 0 Å². The zero-order valence-electron chi connectivity index (χ0n) is 15.6. The Balaban J connectivity index is 1.73. The summed E-state index contributed by atoms with van der Waals surface area (Å²) in [7, 11) is 1.63. The average Bonchev–Trinajstić information content (AvgIpc) is 2.79. The van der Waals surface area contributed by atoms with Crippen molar-refractivity contribution in [2.24, 2.45) is 0 Å². The SMILES string of the molecule is COc1ccc(-c2cc(-c3cccc(-c4ccc(F)cc4C#N)c3)cnn2)cc1. The standard InChI is InChI=1S/C24H16FN3O/c1-29-22-8-5-16(6-9-22)24-13-20(15-27-28-24)17-3-2-4-18(11-17)23-10-7-21(25)12-19(23)14-26/h2-13,15H,1H3. The molecule has 0 unspecified atom stereocenters. The third-order valence-corrected chi connectivity index (χ3v) is 4.65. The molecule has 1 aromatic heterocycles. The van der Waals surface area contributed by atoms with Crippen molar-refractivity contribution in [3.05, 3.63) is 90.4 Å².